The van der Waals surface area contributed by atoms with Crippen molar-refractivity contribution in [2.75, 3.05) is 0 Å². The summed E-state index contributed by atoms with van der Waals surface area (Å²) < 4.78 is 77.4. The average Bonchev–Trinajstić information content (AvgIpc) is 3.47. The summed E-state index contributed by atoms with van der Waals surface area (Å²) in [7, 11) is 0. The monoisotopic (exact) mass is 497 g/mol. The number of hydrogen-bond donors (Lipinski definition) is 2. The molecule has 2 atom stereocenters. The molecular weight excluding hydrogens is 469 g/mol. The van der Waals surface area contributed by atoms with Crippen molar-refractivity contribution in [1.29, 1.82) is 5.26 Å². The highest BCUT2D eigenvalue weighted by Crippen LogP contribution is 2.41. The molecule has 2 aliphatic rings. The lowest BCUT2D eigenvalue weighted by Gasteiger charge is -2.32. The number of carbonyl (C=O) groups excluding carboxylic acids is 1. The first kappa shape index (κ1) is 26.7. The van der Waals surface area contributed by atoms with Gasteiger partial charge in [0.15, 0.2) is 6.04 Å². The molecule has 0 saturated heterocycles. The van der Waals surface area contributed by atoms with E-state index in [0.29, 0.717) is 38.5 Å². The minimum atomic E-state index is -4.05. The number of carbonyl (C=O) groups is 1. The molecule has 1 aromatic rings. The minimum absolute atomic E-state index is 0.163. The molecule has 1 aromatic carbocycles. The van der Waals surface area contributed by atoms with Crippen LogP contribution in [0.4, 0.5) is 22.0 Å². The number of amides is 1. The number of hydrogen-bond acceptors (Lipinski definition) is 4. The van der Waals surface area contributed by atoms with E-state index in [4.69, 9.17) is 4.74 Å². The van der Waals surface area contributed by atoms with Crippen molar-refractivity contribution >= 4 is 5.91 Å². The van der Waals surface area contributed by atoms with Gasteiger partial charge in [0.25, 0.3) is 0 Å². The Balaban J connectivity index is 1.82. The molecule has 0 aromatic heterocycles. The Hall–Kier alpha value is -2.85. The van der Waals surface area contributed by atoms with Crippen LogP contribution in [-0.2, 0) is 4.79 Å². The first-order valence-electron chi connectivity index (χ1n) is 11.6. The van der Waals surface area contributed by atoms with Crippen molar-refractivity contribution < 1.29 is 31.5 Å². The SMILES string of the molecule is CC#CC(N[C@@H](CC(F)(F)CC1CC1)C(=O)NC1(C#N)CCCC1)C(F)(F)Oc1ccc(F)cc1. The summed E-state index contributed by atoms with van der Waals surface area (Å²) in [6.45, 7) is 1.28. The standard InChI is InChI=1S/C25H28F5N3O2/c1-2-5-21(25(29,30)35-19-10-8-18(26)9-11-19)32-20(15-24(27,28)14-17-6-7-17)22(34)33-23(16-31)12-3-4-13-23/h8-11,17,20-21,32H,3-4,6-7,12-15H2,1H3,(H,33,34)/t20-,21?/m0/s1. The fourth-order valence-electron chi connectivity index (χ4n) is 4.21. The van der Waals surface area contributed by atoms with Crippen LogP contribution in [0.3, 0.4) is 0 Å². The topological polar surface area (TPSA) is 74.2 Å². The Morgan fingerprint density at radius 3 is 2.37 bits per heavy atom. The van der Waals surface area contributed by atoms with Crippen LogP contribution in [-0.4, -0.2) is 35.6 Å². The Morgan fingerprint density at radius 1 is 1.20 bits per heavy atom. The van der Waals surface area contributed by atoms with Gasteiger partial charge in [-0.05, 0) is 75.6 Å². The lowest BCUT2D eigenvalue weighted by Crippen LogP contribution is -2.59. The van der Waals surface area contributed by atoms with Gasteiger partial charge in [0.1, 0.15) is 17.1 Å². The Morgan fingerprint density at radius 2 is 1.83 bits per heavy atom. The molecule has 0 radical (unpaired) electrons. The van der Waals surface area contributed by atoms with Crippen molar-refractivity contribution in [3.63, 3.8) is 0 Å². The van der Waals surface area contributed by atoms with E-state index in [9.17, 15) is 23.2 Å². The summed E-state index contributed by atoms with van der Waals surface area (Å²) in [4.78, 5) is 13.1. The number of nitrogens with zero attached hydrogens (tertiary/aromatic N) is 1. The van der Waals surface area contributed by atoms with Gasteiger partial charge in [0, 0.05) is 12.8 Å². The highest BCUT2D eigenvalue weighted by atomic mass is 19.3. The molecule has 2 saturated carbocycles. The van der Waals surface area contributed by atoms with Crippen LogP contribution in [0.5, 0.6) is 5.75 Å². The van der Waals surface area contributed by atoms with Gasteiger partial charge in [0.05, 0.1) is 12.1 Å². The maximum atomic E-state index is 15.0. The van der Waals surface area contributed by atoms with E-state index in [2.05, 4.69) is 22.5 Å². The molecule has 190 valence electrons. The zero-order valence-corrected chi connectivity index (χ0v) is 19.4. The van der Waals surface area contributed by atoms with Crippen LogP contribution in [0.25, 0.3) is 0 Å². The van der Waals surface area contributed by atoms with Gasteiger partial charge >= 0.3 is 6.11 Å². The molecule has 5 nitrogen and oxygen atoms in total. The summed E-state index contributed by atoms with van der Waals surface area (Å²) in [6.07, 6.45) is -2.17. The predicted octanol–water partition coefficient (Wildman–Crippen LogP) is 4.93. The van der Waals surface area contributed by atoms with E-state index in [1.54, 1.807) is 0 Å². The molecule has 0 heterocycles. The van der Waals surface area contributed by atoms with Gasteiger partial charge in [-0.2, -0.15) is 14.0 Å². The van der Waals surface area contributed by atoms with Gasteiger partial charge < -0.3 is 10.1 Å². The van der Waals surface area contributed by atoms with Crippen molar-refractivity contribution in [1.82, 2.24) is 10.6 Å². The quantitative estimate of drug-likeness (QED) is 0.336. The molecule has 2 fully saturated rings. The average molecular weight is 498 g/mol. The first-order valence-corrected chi connectivity index (χ1v) is 11.6. The molecule has 1 amide bonds. The smallest absolute Gasteiger partial charge is 0.425 e. The van der Waals surface area contributed by atoms with Crippen molar-refractivity contribution in [2.24, 2.45) is 5.92 Å². The third-order valence-corrected chi connectivity index (χ3v) is 6.20. The number of nitriles is 1. The number of benzene rings is 1. The first-order chi connectivity index (χ1) is 16.5. The molecule has 1 unspecified atom stereocenters. The number of alkyl halides is 4. The summed E-state index contributed by atoms with van der Waals surface area (Å²) >= 11 is 0. The van der Waals surface area contributed by atoms with Gasteiger partial charge in [0.2, 0.25) is 11.8 Å². The molecule has 2 N–H and O–H groups in total. The summed E-state index contributed by atoms with van der Waals surface area (Å²) in [5.74, 6) is -0.940. The highest BCUT2D eigenvalue weighted by Gasteiger charge is 2.48. The lowest BCUT2D eigenvalue weighted by atomic mass is 9.96. The number of ether oxygens (including phenoxy) is 1. The zero-order chi connectivity index (χ0) is 25.7. The van der Waals surface area contributed by atoms with Crippen molar-refractivity contribution in [2.45, 2.75) is 87.9 Å². The van der Waals surface area contributed by atoms with Crippen molar-refractivity contribution in [3.05, 3.63) is 30.1 Å². The van der Waals surface area contributed by atoms with E-state index < -0.39 is 54.2 Å². The van der Waals surface area contributed by atoms with Crippen LogP contribution >= 0.6 is 0 Å². The second-order valence-corrected chi connectivity index (χ2v) is 9.26. The van der Waals surface area contributed by atoms with Crippen LogP contribution in [0.15, 0.2) is 24.3 Å². The van der Waals surface area contributed by atoms with Crippen LogP contribution in [0, 0.1) is 34.9 Å². The van der Waals surface area contributed by atoms with Gasteiger partial charge in [-0.1, -0.05) is 5.92 Å². The summed E-state index contributed by atoms with van der Waals surface area (Å²) in [5, 5.41) is 14.3. The molecular formula is C25H28F5N3O2. The van der Waals surface area contributed by atoms with Gasteiger partial charge in [-0.25, -0.2) is 13.2 Å². The van der Waals surface area contributed by atoms with Crippen molar-refractivity contribution in [3.8, 4) is 23.7 Å². The third kappa shape index (κ3) is 7.57. The number of nitrogens with one attached hydrogen (secondary N) is 2. The predicted molar refractivity (Wildman–Crippen MR) is 118 cm³/mol. The maximum Gasteiger partial charge on any atom is 0.425 e. The zero-order valence-electron chi connectivity index (χ0n) is 19.4. The second kappa shape index (κ2) is 10.8. The molecule has 35 heavy (non-hydrogen) atoms. The minimum Gasteiger partial charge on any atom is -0.431 e. The Labute approximate surface area is 201 Å². The Bertz CT molecular complexity index is 987. The third-order valence-electron chi connectivity index (χ3n) is 6.20. The lowest BCUT2D eigenvalue weighted by molar-refractivity contribution is -0.189. The number of rotatable bonds is 11. The van der Waals surface area contributed by atoms with Crippen LogP contribution in [0.2, 0.25) is 0 Å². The normalized spacial score (nSPS) is 19.1. The summed E-state index contributed by atoms with van der Waals surface area (Å²) in [6, 6.07) is 1.98. The molecule has 10 heteroatoms. The molecule has 0 aliphatic heterocycles. The highest BCUT2D eigenvalue weighted by molar-refractivity contribution is 5.83. The van der Waals surface area contributed by atoms with E-state index in [1.165, 1.54) is 6.92 Å². The molecule has 0 spiro atoms. The molecule has 0 bridgehead atoms. The summed E-state index contributed by atoms with van der Waals surface area (Å²) in [5.41, 5.74) is -1.22. The van der Waals surface area contributed by atoms with Crippen LogP contribution < -0.4 is 15.4 Å². The van der Waals surface area contributed by atoms with Gasteiger partial charge in [-0.3, -0.25) is 10.1 Å². The number of halogens is 5. The molecule has 2 aliphatic carbocycles. The van der Waals surface area contributed by atoms with E-state index >= 15 is 8.78 Å². The van der Waals surface area contributed by atoms with Gasteiger partial charge in [-0.15, -0.1) is 5.92 Å². The second-order valence-electron chi connectivity index (χ2n) is 9.26. The molecule has 3 rings (SSSR count). The largest absolute Gasteiger partial charge is 0.431 e. The maximum absolute atomic E-state index is 15.0. The fourth-order valence-corrected chi connectivity index (χ4v) is 4.21. The van der Waals surface area contributed by atoms with Crippen LogP contribution in [0.1, 0.15) is 58.3 Å². The van der Waals surface area contributed by atoms with E-state index in [1.807, 2.05) is 6.07 Å². The Kier molecular flexibility index (Phi) is 8.27. The fraction of sp³-hybridized carbons (Fsp3) is 0.600. The van der Waals surface area contributed by atoms with E-state index in [0.717, 1.165) is 24.3 Å². The van der Waals surface area contributed by atoms with E-state index in [-0.39, 0.29) is 11.7 Å².